The summed E-state index contributed by atoms with van der Waals surface area (Å²) in [5.74, 6) is -1.20. The number of hydrogen-bond donors (Lipinski definition) is 2. The molecule has 0 aliphatic carbocycles. The Kier molecular flexibility index (Phi) is 4.87. The van der Waals surface area contributed by atoms with Gasteiger partial charge in [-0.1, -0.05) is 0 Å². The Morgan fingerprint density at radius 1 is 1.38 bits per heavy atom. The van der Waals surface area contributed by atoms with Gasteiger partial charge in [-0.05, 0) is 26.0 Å². The topological polar surface area (TPSA) is 79.3 Å². The van der Waals surface area contributed by atoms with Crippen LogP contribution in [0.2, 0.25) is 0 Å². The fourth-order valence-electron chi connectivity index (χ4n) is 1.63. The maximum absolute atomic E-state index is 12.1. The van der Waals surface area contributed by atoms with Crippen molar-refractivity contribution in [2.75, 3.05) is 0 Å². The molecule has 0 fully saturated rings. The van der Waals surface area contributed by atoms with Gasteiger partial charge in [0.05, 0.1) is 11.6 Å². The second-order valence-electron chi connectivity index (χ2n) is 4.43. The fraction of sp³-hybridized carbons (Fsp3) is 0.214. The van der Waals surface area contributed by atoms with Crippen LogP contribution in [0.3, 0.4) is 0 Å². The van der Waals surface area contributed by atoms with E-state index in [1.807, 2.05) is 19.2 Å². The quantitative estimate of drug-likeness (QED) is 0.829. The van der Waals surface area contributed by atoms with E-state index in [1.165, 1.54) is 28.7 Å². The number of thiazole rings is 1. The zero-order valence-corrected chi connectivity index (χ0v) is 13.1. The predicted molar refractivity (Wildman–Crippen MR) is 83.7 cm³/mol. The molecule has 0 aliphatic heterocycles. The molecule has 0 saturated carbocycles. The third kappa shape index (κ3) is 4.24. The van der Waals surface area contributed by atoms with Crippen LogP contribution in [0.1, 0.15) is 38.9 Å². The minimum atomic E-state index is -1.01. The maximum Gasteiger partial charge on any atom is 0.328 e. The number of carboxylic acids is 1. The highest BCUT2D eigenvalue weighted by molar-refractivity contribution is 7.11. The lowest BCUT2D eigenvalue weighted by Crippen LogP contribution is -2.26. The first kappa shape index (κ1) is 15.4. The van der Waals surface area contributed by atoms with Crippen LogP contribution < -0.4 is 5.32 Å². The molecule has 2 rings (SSSR count). The van der Waals surface area contributed by atoms with Gasteiger partial charge in [0.2, 0.25) is 0 Å². The van der Waals surface area contributed by atoms with Crippen LogP contribution in [-0.4, -0.2) is 22.0 Å². The van der Waals surface area contributed by atoms with Crippen molar-refractivity contribution in [3.05, 3.63) is 44.0 Å². The lowest BCUT2D eigenvalue weighted by atomic mass is 10.2. The number of rotatable bonds is 5. The number of nitrogens with zero attached hydrogens (tertiary/aromatic N) is 1. The minimum absolute atomic E-state index is 0.158. The summed E-state index contributed by atoms with van der Waals surface area (Å²) in [6, 6.07) is 1.51. The molecule has 2 N–H and O–H groups in total. The molecule has 110 valence electrons. The van der Waals surface area contributed by atoms with E-state index in [9.17, 15) is 9.59 Å². The van der Waals surface area contributed by atoms with E-state index >= 15 is 0 Å². The van der Waals surface area contributed by atoms with Crippen molar-refractivity contribution in [3.63, 3.8) is 0 Å². The molecule has 2 heterocycles. The van der Waals surface area contributed by atoms with Gasteiger partial charge >= 0.3 is 5.97 Å². The van der Waals surface area contributed by atoms with Crippen LogP contribution in [0.5, 0.6) is 0 Å². The van der Waals surface area contributed by atoms with Crippen LogP contribution in [-0.2, 0) is 4.79 Å². The van der Waals surface area contributed by atoms with Gasteiger partial charge in [-0.3, -0.25) is 4.79 Å². The van der Waals surface area contributed by atoms with Crippen LogP contribution in [0.15, 0.2) is 22.9 Å². The Morgan fingerprint density at radius 2 is 2.14 bits per heavy atom. The lowest BCUT2D eigenvalue weighted by molar-refractivity contribution is -0.131. The molecule has 0 bridgehead atoms. The van der Waals surface area contributed by atoms with Crippen molar-refractivity contribution in [1.82, 2.24) is 10.3 Å². The summed E-state index contributed by atoms with van der Waals surface area (Å²) < 4.78 is 0. The molecule has 0 spiro atoms. The number of hydrogen-bond acceptors (Lipinski definition) is 5. The SMILES string of the molecule is Cc1csc(C(C)NC(=O)c2csc(C=CC(=O)O)c2)n1. The van der Waals surface area contributed by atoms with Crippen molar-refractivity contribution in [1.29, 1.82) is 0 Å². The number of thiophene rings is 1. The Balaban J connectivity index is 2.02. The number of amides is 1. The molecule has 21 heavy (non-hydrogen) atoms. The van der Waals surface area contributed by atoms with Crippen molar-refractivity contribution in [2.45, 2.75) is 19.9 Å². The van der Waals surface area contributed by atoms with Crippen LogP contribution in [0.4, 0.5) is 0 Å². The molecule has 7 heteroatoms. The standard InChI is InChI=1S/C14H14N2O3S2/c1-8-6-21-14(15-8)9(2)16-13(19)10-5-11(20-7-10)3-4-12(17)18/h3-7,9H,1-2H3,(H,16,19)(H,17,18). The van der Waals surface area contributed by atoms with E-state index in [0.717, 1.165) is 21.7 Å². The molecule has 0 saturated heterocycles. The average molecular weight is 322 g/mol. The van der Waals surface area contributed by atoms with Crippen molar-refractivity contribution in [2.24, 2.45) is 0 Å². The summed E-state index contributed by atoms with van der Waals surface area (Å²) in [6.45, 7) is 3.79. The molecule has 1 atom stereocenters. The molecule has 1 unspecified atom stereocenters. The van der Waals surface area contributed by atoms with Crippen LogP contribution in [0.25, 0.3) is 6.08 Å². The van der Waals surface area contributed by atoms with Gasteiger partial charge < -0.3 is 10.4 Å². The summed E-state index contributed by atoms with van der Waals surface area (Å²) in [4.78, 5) is 27.6. The maximum atomic E-state index is 12.1. The van der Waals surface area contributed by atoms with E-state index in [1.54, 1.807) is 11.4 Å². The van der Waals surface area contributed by atoms with Gasteiger partial charge in [0, 0.05) is 27.4 Å². The Bertz CT molecular complexity index is 688. The Morgan fingerprint density at radius 3 is 2.76 bits per heavy atom. The largest absolute Gasteiger partial charge is 0.478 e. The summed E-state index contributed by atoms with van der Waals surface area (Å²) >= 11 is 2.83. The third-order valence-corrected chi connectivity index (χ3v) is 4.67. The normalized spacial score (nSPS) is 12.5. The first-order chi connectivity index (χ1) is 9.95. The van der Waals surface area contributed by atoms with E-state index < -0.39 is 5.97 Å². The number of aromatic nitrogens is 1. The number of carboxylic acid groups (broad SMARTS) is 1. The Labute approximate surface area is 130 Å². The van der Waals surface area contributed by atoms with Gasteiger partial charge in [-0.2, -0.15) is 0 Å². The molecule has 1 amide bonds. The zero-order valence-electron chi connectivity index (χ0n) is 11.5. The number of carbonyl (C=O) groups excluding carboxylic acids is 1. The van der Waals surface area contributed by atoms with E-state index in [4.69, 9.17) is 5.11 Å². The van der Waals surface area contributed by atoms with Gasteiger partial charge in [0.15, 0.2) is 0 Å². The number of aliphatic carboxylic acids is 1. The highest BCUT2D eigenvalue weighted by Gasteiger charge is 2.15. The van der Waals surface area contributed by atoms with Gasteiger partial charge in [-0.25, -0.2) is 9.78 Å². The summed E-state index contributed by atoms with van der Waals surface area (Å²) in [7, 11) is 0. The molecular formula is C14H14N2O3S2. The van der Waals surface area contributed by atoms with Gasteiger partial charge in [0.1, 0.15) is 5.01 Å². The zero-order chi connectivity index (χ0) is 15.4. The number of carbonyl (C=O) groups is 2. The molecule has 0 aromatic carbocycles. The second-order valence-corrected chi connectivity index (χ2v) is 6.26. The number of nitrogens with one attached hydrogen (secondary N) is 1. The minimum Gasteiger partial charge on any atom is -0.478 e. The van der Waals surface area contributed by atoms with E-state index in [0.29, 0.717) is 5.56 Å². The molecular weight excluding hydrogens is 308 g/mol. The fourth-order valence-corrected chi connectivity index (χ4v) is 3.21. The monoisotopic (exact) mass is 322 g/mol. The first-order valence-corrected chi connectivity index (χ1v) is 7.94. The summed E-state index contributed by atoms with van der Waals surface area (Å²) in [6.07, 6.45) is 2.52. The average Bonchev–Trinajstić information content (AvgIpc) is 3.05. The van der Waals surface area contributed by atoms with Crippen LogP contribution >= 0.6 is 22.7 Å². The lowest BCUT2D eigenvalue weighted by Gasteiger charge is -2.10. The molecule has 0 aliphatic rings. The van der Waals surface area contributed by atoms with Crippen molar-refractivity contribution in [3.8, 4) is 0 Å². The molecule has 5 nitrogen and oxygen atoms in total. The van der Waals surface area contributed by atoms with Gasteiger partial charge in [0.25, 0.3) is 5.91 Å². The van der Waals surface area contributed by atoms with Gasteiger partial charge in [-0.15, -0.1) is 22.7 Å². The third-order valence-electron chi connectivity index (χ3n) is 2.63. The predicted octanol–water partition coefficient (Wildman–Crippen LogP) is 3.10. The number of aryl methyl sites for hydroxylation is 1. The highest BCUT2D eigenvalue weighted by Crippen LogP contribution is 2.20. The summed E-state index contributed by atoms with van der Waals surface area (Å²) in [5, 5.41) is 16.0. The molecule has 2 aromatic heterocycles. The van der Waals surface area contributed by atoms with Crippen molar-refractivity contribution >= 4 is 40.6 Å². The first-order valence-electron chi connectivity index (χ1n) is 6.18. The Hall–Kier alpha value is -1.99. The van der Waals surface area contributed by atoms with Crippen LogP contribution in [0, 0.1) is 6.92 Å². The summed E-state index contributed by atoms with van der Waals surface area (Å²) in [5.41, 5.74) is 1.46. The highest BCUT2D eigenvalue weighted by atomic mass is 32.1. The van der Waals surface area contributed by atoms with Crippen molar-refractivity contribution < 1.29 is 14.7 Å². The van der Waals surface area contributed by atoms with E-state index in [2.05, 4.69) is 10.3 Å². The molecule has 2 aromatic rings. The van der Waals surface area contributed by atoms with E-state index in [-0.39, 0.29) is 11.9 Å². The second kappa shape index (κ2) is 6.64. The smallest absolute Gasteiger partial charge is 0.328 e. The molecule has 0 radical (unpaired) electrons.